The maximum atomic E-state index is 14.7. The Bertz CT molecular complexity index is 1520. The molecule has 0 aliphatic carbocycles. The van der Waals surface area contributed by atoms with Crippen molar-refractivity contribution in [3.63, 3.8) is 0 Å². The monoisotopic (exact) mass is 491 g/mol. The van der Waals surface area contributed by atoms with Gasteiger partial charge in [-0.15, -0.1) is 0 Å². The average molecular weight is 491 g/mol. The minimum atomic E-state index is -0.714. The molecule has 0 radical (unpaired) electrons. The number of fused-ring (bicyclic) bond motifs is 2. The van der Waals surface area contributed by atoms with Crippen LogP contribution in [0.1, 0.15) is 18.1 Å². The maximum Gasteiger partial charge on any atom is 0.419 e. The third-order valence-corrected chi connectivity index (χ3v) is 5.82. The van der Waals surface area contributed by atoms with E-state index in [2.05, 4.69) is 26.0 Å². The van der Waals surface area contributed by atoms with Crippen molar-refractivity contribution >= 4 is 28.6 Å². The highest BCUT2D eigenvalue weighted by atomic mass is 19.1. The molecule has 4 heterocycles. The number of hydrazine groups is 1. The molecule has 2 aliphatic heterocycles. The summed E-state index contributed by atoms with van der Waals surface area (Å²) in [7, 11) is 1.59. The molecule has 1 aromatic carbocycles. The van der Waals surface area contributed by atoms with Crippen LogP contribution in [0.25, 0.3) is 11.1 Å². The fourth-order valence-electron chi connectivity index (χ4n) is 3.85. The summed E-state index contributed by atoms with van der Waals surface area (Å²) < 4.78 is 21.2. The number of benzene rings is 1. The lowest BCUT2D eigenvalue weighted by atomic mass is 10.2. The topological polar surface area (TPSA) is 134 Å². The smallest absolute Gasteiger partial charge is 0.408 e. The van der Waals surface area contributed by atoms with E-state index < -0.39 is 29.4 Å². The molecule has 36 heavy (non-hydrogen) atoms. The minimum absolute atomic E-state index is 0.0309. The van der Waals surface area contributed by atoms with Crippen LogP contribution in [0.2, 0.25) is 0 Å². The summed E-state index contributed by atoms with van der Waals surface area (Å²) in [6.45, 7) is 1.90. The third-order valence-electron chi connectivity index (χ3n) is 5.82. The van der Waals surface area contributed by atoms with Crippen LogP contribution in [0.3, 0.4) is 0 Å². The predicted molar refractivity (Wildman–Crippen MR) is 127 cm³/mol. The lowest BCUT2D eigenvalue weighted by Crippen LogP contribution is -2.44. The molecule has 0 saturated carbocycles. The summed E-state index contributed by atoms with van der Waals surface area (Å²) in [6, 6.07) is 7.93. The number of pyridine rings is 1. The molecule has 2 aromatic heterocycles. The fourth-order valence-corrected chi connectivity index (χ4v) is 3.85. The second-order valence-corrected chi connectivity index (χ2v) is 8.34. The molecule has 3 N–H and O–H groups in total. The Morgan fingerprint density at radius 2 is 1.94 bits per heavy atom. The predicted octanol–water partition coefficient (Wildman–Crippen LogP) is 1.14. The first-order valence-electron chi connectivity index (χ1n) is 11.1. The normalized spacial score (nSPS) is 17.1. The van der Waals surface area contributed by atoms with Gasteiger partial charge in [0.2, 0.25) is 0 Å². The van der Waals surface area contributed by atoms with Crippen molar-refractivity contribution in [3.8, 4) is 0 Å². The van der Waals surface area contributed by atoms with Crippen molar-refractivity contribution in [2.24, 2.45) is 12.0 Å². The molecule has 0 bridgehead atoms. The largest absolute Gasteiger partial charge is 0.419 e. The summed E-state index contributed by atoms with van der Waals surface area (Å²) in [5.74, 6) is -2.32. The number of nitrogens with one attached hydrogen (secondary N) is 3. The molecule has 0 fully saturated rings. The number of halogens is 1. The van der Waals surface area contributed by atoms with Gasteiger partial charge in [0.05, 0.1) is 11.6 Å². The van der Waals surface area contributed by atoms with Crippen LogP contribution in [0.5, 0.6) is 0 Å². The van der Waals surface area contributed by atoms with E-state index in [1.807, 2.05) is 6.07 Å². The Kier molecular flexibility index (Phi) is 5.94. The van der Waals surface area contributed by atoms with Gasteiger partial charge in [0.1, 0.15) is 11.4 Å². The SMILES string of the molecule is CC1NN2C(C(=O)NCc3cccnc3)=CC(C(=O)NCc3ccc4oc(=O)n(C)c4c3)=NC2=C1F. The first-order valence-corrected chi connectivity index (χ1v) is 11.1. The second-order valence-electron chi connectivity index (χ2n) is 8.34. The number of aromatic nitrogens is 2. The van der Waals surface area contributed by atoms with Crippen LogP contribution in [-0.4, -0.2) is 38.1 Å². The summed E-state index contributed by atoms with van der Waals surface area (Å²) in [6.07, 6.45) is 4.55. The number of oxazole rings is 1. The van der Waals surface area contributed by atoms with E-state index in [9.17, 15) is 18.8 Å². The molecule has 5 rings (SSSR count). The van der Waals surface area contributed by atoms with Gasteiger partial charge in [0.25, 0.3) is 11.8 Å². The number of aryl methyl sites for hydroxylation is 1. The highest BCUT2D eigenvalue weighted by Crippen LogP contribution is 2.29. The van der Waals surface area contributed by atoms with Gasteiger partial charge in [-0.1, -0.05) is 12.1 Å². The molecule has 184 valence electrons. The highest BCUT2D eigenvalue weighted by Gasteiger charge is 2.37. The molecule has 0 spiro atoms. The lowest BCUT2D eigenvalue weighted by Gasteiger charge is -2.26. The summed E-state index contributed by atoms with van der Waals surface area (Å²) >= 11 is 0. The molecule has 11 nitrogen and oxygen atoms in total. The van der Waals surface area contributed by atoms with Crippen LogP contribution in [0, 0.1) is 0 Å². The first-order chi connectivity index (χ1) is 17.3. The van der Waals surface area contributed by atoms with Crippen LogP contribution in [0.15, 0.2) is 80.4 Å². The lowest BCUT2D eigenvalue weighted by molar-refractivity contribution is -0.119. The zero-order chi connectivity index (χ0) is 25.4. The minimum Gasteiger partial charge on any atom is -0.408 e. The zero-order valence-corrected chi connectivity index (χ0v) is 19.4. The number of nitrogens with zero attached hydrogens (tertiary/aromatic N) is 4. The van der Waals surface area contributed by atoms with E-state index in [-0.39, 0.29) is 30.3 Å². The van der Waals surface area contributed by atoms with Crippen LogP contribution < -0.4 is 21.8 Å². The standard InChI is InChI=1S/C24H22FN7O4/c1-13-20(25)21-29-16(9-18(32(21)30-13)23(34)28-12-15-4-3-7-26-10-15)22(33)27-11-14-5-6-19-17(8-14)31(2)24(35)36-19/h3-10,13,30H,11-12H2,1-2H3,(H,27,33)(H,28,34). The number of rotatable bonds is 6. The van der Waals surface area contributed by atoms with Gasteiger partial charge in [-0.2, -0.15) is 0 Å². The second kappa shape index (κ2) is 9.23. The molecule has 0 saturated heterocycles. The third kappa shape index (κ3) is 4.29. The van der Waals surface area contributed by atoms with Gasteiger partial charge in [0, 0.05) is 38.6 Å². The number of aliphatic imine (C=N–C) groups is 1. The summed E-state index contributed by atoms with van der Waals surface area (Å²) in [5.41, 5.74) is 5.28. The summed E-state index contributed by atoms with van der Waals surface area (Å²) in [4.78, 5) is 45.8. The van der Waals surface area contributed by atoms with Crippen LogP contribution in [-0.2, 0) is 29.7 Å². The van der Waals surface area contributed by atoms with Crippen molar-refractivity contribution in [1.29, 1.82) is 0 Å². The molecule has 2 aliphatic rings. The van der Waals surface area contributed by atoms with Gasteiger partial charge in [-0.25, -0.2) is 19.6 Å². The number of hydrogen-bond donors (Lipinski definition) is 3. The number of hydrogen-bond acceptors (Lipinski definition) is 8. The van der Waals surface area contributed by atoms with Gasteiger partial charge >= 0.3 is 5.76 Å². The number of carbonyl (C=O) groups excluding carboxylic acids is 2. The molecule has 2 amide bonds. The van der Waals surface area contributed by atoms with E-state index >= 15 is 0 Å². The van der Waals surface area contributed by atoms with Gasteiger partial charge in [-0.3, -0.25) is 24.1 Å². The Morgan fingerprint density at radius 3 is 2.72 bits per heavy atom. The van der Waals surface area contributed by atoms with Crippen molar-refractivity contribution in [3.05, 3.63) is 87.8 Å². The Labute approximate surface area is 204 Å². The van der Waals surface area contributed by atoms with E-state index in [4.69, 9.17) is 4.42 Å². The quantitative estimate of drug-likeness (QED) is 0.471. The molecule has 1 atom stereocenters. The Hall–Kier alpha value is -4.58. The van der Waals surface area contributed by atoms with E-state index in [1.165, 1.54) is 15.7 Å². The van der Waals surface area contributed by atoms with Crippen molar-refractivity contribution in [1.82, 2.24) is 30.6 Å². The van der Waals surface area contributed by atoms with Crippen LogP contribution >= 0.6 is 0 Å². The zero-order valence-electron chi connectivity index (χ0n) is 19.4. The van der Waals surface area contributed by atoms with Gasteiger partial charge < -0.3 is 15.1 Å². The molecular formula is C24H22FN7O4. The molecule has 1 unspecified atom stereocenters. The van der Waals surface area contributed by atoms with E-state index in [0.29, 0.717) is 16.7 Å². The van der Waals surface area contributed by atoms with Crippen molar-refractivity contribution < 1.29 is 18.4 Å². The average Bonchev–Trinajstić information content (AvgIpc) is 3.34. The van der Waals surface area contributed by atoms with Crippen LogP contribution in [0.4, 0.5) is 4.39 Å². The highest BCUT2D eigenvalue weighted by molar-refractivity contribution is 6.44. The molecular weight excluding hydrogens is 469 g/mol. The molecule has 3 aromatic rings. The van der Waals surface area contributed by atoms with Crippen molar-refractivity contribution in [2.75, 3.05) is 0 Å². The Morgan fingerprint density at radius 1 is 1.17 bits per heavy atom. The Balaban J connectivity index is 1.35. The first kappa shape index (κ1) is 23.2. The number of amides is 2. The van der Waals surface area contributed by atoms with E-state index in [0.717, 1.165) is 5.56 Å². The van der Waals surface area contributed by atoms with Gasteiger partial charge in [0.15, 0.2) is 17.2 Å². The number of carbonyl (C=O) groups is 2. The van der Waals surface area contributed by atoms with Crippen molar-refractivity contribution in [2.45, 2.75) is 26.1 Å². The van der Waals surface area contributed by atoms with E-state index in [1.54, 1.807) is 50.6 Å². The molecule has 12 heteroatoms. The summed E-state index contributed by atoms with van der Waals surface area (Å²) in [5, 5.41) is 6.72. The fraction of sp³-hybridized carbons (Fsp3) is 0.208. The maximum absolute atomic E-state index is 14.7. The van der Waals surface area contributed by atoms with Gasteiger partial charge in [-0.05, 0) is 36.2 Å².